The minimum atomic E-state index is -4.13. The molecule has 16 heavy (non-hydrogen) atoms. The second kappa shape index (κ2) is 4.88. The van der Waals surface area contributed by atoms with Gasteiger partial charge in [-0.3, -0.25) is 0 Å². The predicted molar refractivity (Wildman–Crippen MR) is 65.2 cm³/mol. The van der Waals surface area contributed by atoms with E-state index in [-0.39, 0.29) is 5.03 Å². The molecule has 0 aromatic carbocycles. The smallest absolute Gasteiger partial charge is 0.207 e. The molecule has 1 aliphatic rings. The monoisotopic (exact) mass is 342 g/mol. The number of alkyl halides is 1. The van der Waals surface area contributed by atoms with Crippen LogP contribution in [0.25, 0.3) is 0 Å². The fourth-order valence-electron chi connectivity index (χ4n) is 0.967. The lowest BCUT2D eigenvalue weighted by Crippen LogP contribution is -2.22. The van der Waals surface area contributed by atoms with E-state index in [4.69, 9.17) is 45.5 Å². The second-order valence-electron chi connectivity index (χ2n) is 2.60. The van der Waals surface area contributed by atoms with Crippen LogP contribution in [0.3, 0.4) is 0 Å². The maximum absolute atomic E-state index is 11.1. The third-order valence-corrected chi connectivity index (χ3v) is 5.44. The van der Waals surface area contributed by atoms with Crippen molar-refractivity contribution in [3.8, 4) is 0 Å². The summed E-state index contributed by atoms with van der Waals surface area (Å²) in [5.41, 5.74) is 0. The molecule has 1 atom stereocenters. The van der Waals surface area contributed by atoms with Gasteiger partial charge in [0.25, 0.3) is 9.05 Å². The van der Waals surface area contributed by atoms with Crippen LogP contribution in [0, 0.1) is 0 Å². The molecule has 4 nitrogen and oxygen atoms in total. The van der Waals surface area contributed by atoms with Gasteiger partial charge in [-0.1, -0.05) is 23.2 Å². The third-order valence-electron chi connectivity index (χ3n) is 1.62. The van der Waals surface area contributed by atoms with Crippen LogP contribution in [0.4, 0.5) is 0 Å². The van der Waals surface area contributed by atoms with Crippen LogP contribution < -0.4 is 0 Å². The molecule has 0 heterocycles. The first-order valence-corrected chi connectivity index (χ1v) is 8.06. The Bertz CT molecular complexity index is 617. The molecule has 0 saturated carbocycles. The Morgan fingerprint density at radius 2 is 1.75 bits per heavy atom. The average molecular weight is 344 g/mol. The first-order chi connectivity index (χ1) is 7.16. The molecule has 0 saturated heterocycles. The highest BCUT2D eigenvalue weighted by Gasteiger charge is 2.32. The average Bonchev–Trinajstić information content (AvgIpc) is 2.09. The SMILES string of the molecule is O=S(=O)=C1C(Cl)=CC(S(=O)(=O)Cl)=C(Cl)C1Cl. The summed E-state index contributed by atoms with van der Waals surface area (Å²) >= 11 is 16.8. The van der Waals surface area contributed by atoms with Gasteiger partial charge in [0.1, 0.15) is 15.1 Å². The zero-order valence-corrected chi connectivity index (χ0v) is 11.8. The molecule has 0 fully saturated rings. The van der Waals surface area contributed by atoms with Crippen LogP contribution in [0.5, 0.6) is 0 Å². The maximum atomic E-state index is 11.1. The lowest BCUT2D eigenvalue weighted by atomic mass is 10.2. The number of halogens is 4. The zero-order chi connectivity index (χ0) is 12.7. The van der Waals surface area contributed by atoms with E-state index in [1.807, 2.05) is 0 Å². The Balaban J connectivity index is 3.61. The number of rotatable bonds is 1. The maximum Gasteiger partial charge on any atom is 0.262 e. The molecule has 0 amide bonds. The highest BCUT2D eigenvalue weighted by atomic mass is 35.7. The molecule has 10 heteroatoms. The van der Waals surface area contributed by atoms with E-state index in [0.717, 1.165) is 6.08 Å². The van der Waals surface area contributed by atoms with Crippen LogP contribution in [0.1, 0.15) is 0 Å². The van der Waals surface area contributed by atoms with Gasteiger partial charge in [0.15, 0.2) is 0 Å². The van der Waals surface area contributed by atoms with Gasteiger partial charge in [0, 0.05) is 10.7 Å². The number of hydrogen-bond donors (Lipinski definition) is 0. The molecule has 0 spiro atoms. The molecule has 0 N–H and O–H groups in total. The Labute approximate surface area is 112 Å². The van der Waals surface area contributed by atoms with E-state index < -0.39 is 39.5 Å². The van der Waals surface area contributed by atoms with Crippen LogP contribution in [-0.4, -0.2) is 27.1 Å². The summed E-state index contributed by atoms with van der Waals surface area (Å²) in [5, 5.41) is -2.10. The van der Waals surface area contributed by atoms with Gasteiger partial charge in [-0.2, -0.15) is 8.42 Å². The number of hydrogen-bond acceptors (Lipinski definition) is 4. The fraction of sp³-hybridized carbons (Fsp3) is 0.167. The van der Waals surface area contributed by atoms with E-state index in [2.05, 4.69) is 0 Å². The van der Waals surface area contributed by atoms with Gasteiger partial charge in [0.05, 0.1) is 10.1 Å². The molecule has 1 rings (SSSR count). The molecule has 90 valence electrons. The van der Waals surface area contributed by atoms with E-state index >= 15 is 0 Å². The van der Waals surface area contributed by atoms with E-state index in [9.17, 15) is 16.8 Å². The Hall–Kier alpha value is 0.280. The molecule has 1 aliphatic carbocycles. The minimum Gasteiger partial charge on any atom is -0.207 e. The first-order valence-electron chi connectivity index (χ1n) is 3.48. The summed E-state index contributed by atoms with van der Waals surface area (Å²) in [6.07, 6.45) is 0.843. The minimum absolute atomic E-state index is 0.336. The lowest BCUT2D eigenvalue weighted by molar-refractivity contribution is 0.615. The van der Waals surface area contributed by atoms with E-state index in [1.165, 1.54) is 0 Å². The molecule has 1 unspecified atom stereocenters. The summed E-state index contributed by atoms with van der Waals surface area (Å²) in [6.45, 7) is 0. The quantitative estimate of drug-likeness (QED) is 0.413. The molecular weight excluding hydrogens is 342 g/mol. The van der Waals surface area contributed by atoms with Gasteiger partial charge in [-0.15, -0.1) is 11.6 Å². The van der Waals surface area contributed by atoms with Crippen LogP contribution in [0.15, 0.2) is 21.0 Å². The third kappa shape index (κ3) is 2.75. The normalized spacial score (nSPS) is 22.1. The molecule has 0 aliphatic heterocycles. The van der Waals surface area contributed by atoms with Gasteiger partial charge in [-0.25, -0.2) is 8.42 Å². The fourth-order valence-corrected chi connectivity index (χ4v) is 4.16. The highest BCUT2D eigenvalue weighted by Crippen LogP contribution is 2.34. The van der Waals surface area contributed by atoms with Crippen molar-refractivity contribution in [3.05, 3.63) is 21.0 Å². The first kappa shape index (κ1) is 14.3. The van der Waals surface area contributed by atoms with E-state index in [1.54, 1.807) is 0 Å². The molecular formula is C6H2Cl4O4S2. The molecule has 0 radical (unpaired) electrons. The van der Waals surface area contributed by atoms with Crippen molar-refractivity contribution in [1.29, 1.82) is 0 Å². The van der Waals surface area contributed by atoms with Crippen molar-refractivity contribution in [1.82, 2.24) is 0 Å². The highest BCUT2D eigenvalue weighted by molar-refractivity contribution is 8.17. The topological polar surface area (TPSA) is 68.3 Å². The largest absolute Gasteiger partial charge is 0.262 e. The van der Waals surface area contributed by atoms with Crippen molar-refractivity contribution in [2.24, 2.45) is 0 Å². The zero-order valence-electron chi connectivity index (χ0n) is 7.12. The Morgan fingerprint density at radius 3 is 2.12 bits per heavy atom. The van der Waals surface area contributed by atoms with Gasteiger partial charge in [0.2, 0.25) is 10.3 Å². The molecule has 0 aromatic rings. The van der Waals surface area contributed by atoms with E-state index in [0.29, 0.717) is 0 Å². The summed E-state index contributed by atoms with van der Waals surface area (Å²) in [6, 6.07) is 0. The molecule has 0 aromatic heterocycles. The van der Waals surface area contributed by atoms with Gasteiger partial charge < -0.3 is 0 Å². The van der Waals surface area contributed by atoms with Crippen molar-refractivity contribution in [2.45, 2.75) is 5.38 Å². The lowest BCUT2D eigenvalue weighted by Gasteiger charge is -2.16. The standard InChI is InChI=1S/C6H2Cl4O4S2/c7-2-1-3(16(10,13)14)4(8)5(9)6(2)15(11)12/h1,5H. The van der Waals surface area contributed by atoms with Crippen LogP contribution in [-0.2, 0) is 19.3 Å². The summed E-state index contributed by atoms with van der Waals surface area (Å²) in [5.74, 6) is 0. The van der Waals surface area contributed by atoms with Crippen LogP contribution in [0.2, 0.25) is 0 Å². The Kier molecular flexibility index (Phi) is 4.37. The van der Waals surface area contributed by atoms with Gasteiger partial charge >= 0.3 is 0 Å². The number of allylic oxidation sites excluding steroid dienone is 3. The van der Waals surface area contributed by atoms with Crippen molar-refractivity contribution in [3.63, 3.8) is 0 Å². The molecule has 0 bridgehead atoms. The summed E-state index contributed by atoms with van der Waals surface area (Å²) in [4.78, 5) is -0.896. The summed E-state index contributed by atoms with van der Waals surface area (Å²) in [7, 11) is -1.76. The Morgan fingerprint density at radius 1 is 1.25 bits per heavy atom. The van der Waals surface area contributed by atoms with Gasteiger partial charge in [-0.05, 0) is 6.08 Å². The van der Waals surface area contributed by atoms with Crippen molar-refractivity contribution < 1.29 is 16.8 Å². The predicted octanol–water partition coefficient (Wildman–Crippen LogP) is 1.80. The van der Waals surface area contributed by atoms with Crippen molar-refractivity contribution in [2.75, 3.05) is 0 Å². The summed E-state index contributed by atoms with van der Waals surface area (Å²) < 4.78 is 43.7. The second-order valence-corrected chi connectivity index (χ2v) is 7.30. The van der Waals surface area contributed by atoms with Crippen molar-refractivity contribution >= 4 is 69.7 Å². The van der Waals surface area contributed by atoms with Crippen LogP contribution >= 0.6 is 45.5 Å².